The van der Waals surface area contributed by atoms with Crippen molar-refractivity contribution in [1.29, 1.82) is 0 Å². The summed E-state index contributed by atoms with van der Waals surface area (Å²) in [6, 6.07) is 8.60. The highest BCUT2D eigenvalue weighted by Gasteiger charge is 2.36. The van der Waals surface area contributed by atoms with Crippen LogP contribution >= 0.6 is 0 Å². The lowest BCUT2D eigenvalue weighted by Crippen LogP contribution is -2.40. The number of anilines is 2. The number of nitrogens with zero attached hydrogens (tertiary/aromatic N) is 2. The number of nitrogens with one attached hydrogen (secondary N) is 1. The molecule has 0 aromatic heterocycles. The van der Waals surface area contributed by atoms with Gasteiger partial charge in [-0.1, -0.05) is 19.3 Å². The molecule has 2 amide bonds. The maximum atomic E-state index is 12.6. The zero-order valence-electron chi connectivity index (χ0n) is 16.2. The van der Waals surface area contributed by atoms with Gasteiger partial charge in [0, 0.05) is 43.5 Å². The van der Waals surface area contributed by atoms with Crippen molar-refractivity contribution in [2.24, 2.45) is 5.92 Å². The van der Waals surface area contributed by atoms with Crippen LogP contribution in [0.1, 0.15) is 57.8 Å². The topological polar surface area (TPSA) is 52.7 Å². The molecule has 1 N–H and O–H groups in total. The second kappa shape index (κ2) is 8.32. The first-order valence-electron chi connectivity index (χ1n) is 10.7. The van der Waals surface area contributed by atoms with Crippen LogP contribution in [0.5, 0.6) is 0 Å². The Hall–Kier alpha value is -2.04. The van der Waals surface area contributed by atoms with Gasteiger partial charge in [-0.05, 0) is 56.4 Å². The van der Waals surface area contributed by atoms with Crippen molar-refractivity contribution in [3.63, 3.8) is 0 Å². The third kappa shape index (κ3) is 4.28. The Bertz CT molecular complexity index is 661. The van der Waals surface area contributed by atoms with E-state index in [1.165, 1.54) is 44.2 Å². The van der Waals surface area contributed by atoms with Crippen LogP contribution in [0.4, 0.5) is 11.4 Å². The first-order valence-corrected chi connectivity index (χ1v) is 10.7. The minimum atomic E-state index is -0.221. The molecule has 0 radical (unpaired) electrons. The molecule has 2 saturated heterocycles. The van der Waals surface area contributed by atoms with Crippen LogP contribution in [0, 0.1) is 5.92 Å². The van der Waals surface area contributed by atoms with Crippen molar-refractivity contribution in [2.75, 3.05) is 29.4 Å². The predicted molar refractivity (Wildman–Crippen MR) is 108 cm³/mol. The maximum Gasteiger partial charge on any atom is 0.227 e. The average Bonchev–Trinajstić information content (AvgIpc) is 3.11. The predicted octanol–water partition coefficient (Wildman–Crippen LogP) is 3.48. The number of piperidine rings is 1. The van der Waals surface area contributed by atoms with Crippen molar-refractivity contribution < 1.29 is 9.59 Å². The van der Waals surface area contributed by atoms with E-state index in [-0.39, 0.29) is 17.7 Å². The van der Waals surface area contributed by atoms with Crippen molar-refractivity contribution in [2.45, 2.75) is 63.8 Å². The van der Waals surface area contributed by atoms with Crippen molar-refractivity contribution in [1.82, 2.24) is 5.32 Å². The fourth-order valence-electron chi connectivity index (χ4n) is 4.69. The summed E-state index contributed by atoms with van der Waals surface area (Å²) in [6.45, 7) is 2.73. The largest absolute Gasteiger partial charge is 0.372 e. The van der Waals surface area contributed by atoms with E-state index in [0.29, 0.717) is 19.0 Å². The first kappa shape index (κ1) is 18.3. The minimum Gasteiger partial charge on any atom is -0.372 e. The molecule has 0 bridgehead atoms. The number of carbonyl (C=O) groups is 2. The Balaban J connectivity index is 1.36. The standard InChI is InChI=1S/C22H31N3O2/c26-21-15-17(22(27)23-18-7-3-1-4-8-18)16-25(21)20-11-9-19(10-12-20)24-13-5-2-6-14-24/h9-12,17-18H,1-8,13-16H2,(H,23,27). The number of hydrogen-bond donors (Lipinski definition) is 1. The smallest absolute Gasteiger partial charge is 0.227 e. The van der Waals surface area contributed by atoms with Crippen molar-refractivity contribution in [3.05, 3.63) is 24.3 Å². The first-order chi connectivity index (χ1) is 13.2. The van der Waals surface area contributed by atoms with Crippen LogP contribution in [-0.4, -0.2) is 37.5 Å². The summed E-state index contributed by atoms with van der Waals surface area (Å²) < 4.78 is 0. The lowest BCUT2D eigenvalue weighted by molar-refractivity contribution is -0.127. The number of amides is 2. The zero-order valence-corrected chi connectivity index (χ0v) is 16.2. The molecule has 1 aromatic carbocycles. The van der Waals surface area contributed by atoms with E-state index in [4.69, 9.17) is 0 Å². The molecule has 5 nitrogen and oxygen atoms in total. The summed E-state index contributed by atoms with van der Waals surface area (Å²) in [6.07, 6.45) is 9.98. The van der Waals surface area contributed by atoms with E-state index in [0.717, 1.165) is 31.6 Å². The monoisotopic (exact) mass is 369 g/mol. The molecule has 1 saturated carbocycles. The molecule has 3 aliphatic rings. The molecular formula is C22H31N3O2. The second-order valence-electron chi connectivity index (χ2n) is 8.31. The highest BCUT2D eigenvalue weighted by Crippen LogP contribution is 2.29. The lowest BCUT2D eigenvalue weighted by atomic mass is 9.95. The van der Waals surface area contributed by atoms with Crippen LogP contribution in [0.25, 0.3) is 0 Å². The lowest BCUT2D eigenvalue weighted by Gasteiger charge is -2.29. The highest BCUT2D eigenvalue weighted by molar-refractivity contribution is 6.00. The summed E-state index contributed by atoms with van der Waals surface area (Å²) in [5, 5.41) is 3.18. The van der Waals surface area contributed by atoms with Gasteiger partial charge in [0.1, 0.15) is 0 Å². The summed E-state index contributed by atoms with van der Waals surface area (Å²) in [5.74, 6) is -0.103. The van der Waals surface area contributed by atoms with E-state index < -0.39 is 0 Å². The summed E-state index contributed by atoms with van der Waals surface area (Å²) >= 11 is 0. The quantitative estimate of drug-likeness (QED) is 0.884. The molecule has 2 heterocycles. The zero-order chi connectivity index (χ0) is 18.6. The van der Waals surface area contributed by atoms with Gasteiger partial charge in [-0.3, -0.25) is 9.59 Å². The van der Waals surface area contributed by atoms with Crippen LogP contribution < -0.4 is 15.1 Å². The molecule has 2 aliphatic heterocycles. The van der Waals surface area contributed by atoms with Gasteiger partial charge in [0.25, 0.3) is 0 Å². The molecule has 1 unspecified atom stereocenters. The average molecular weight is 370 g/mol. The van der Waals surface area contributed by atoms with Crippen LogP contribution in [0.15, 0.2) is 24.3 Å². The van der Waals surface area contributed by atoms with Gasteiger partial charge in [-0.25, -0.2) is 0 Å². The normalized spacial score (nSPS) is 24.3. The van der Waals surface area contributed by atoms with E-state index in [2.05, 4.69) is 22.3 Å². The number of hydrogen-bond acceptors (Lipinski definition) is 3. The third-order valence-electron chi connectivity index (χ3n) is 6.33. The van der Waals surface area contributed by atoms with Gasteiger partial charge in [-0.15, -0.1) is 0 Å². The molecule has 146 valence electrons. The van der Waals surface area contributed by atoms with Gasteiger partial charge in [0.15, 0.2) is 0 Å². The maximum absolute atomic E-state index is 12.6. The van der Waals surface area contributed by atoms with Gasteiger partial charge in [0.05, 0.1) is 5.92 Å². The van der Waals surface area contributed by atoms with Crippen molar-refractivity contribution >= 4 is 23.2 Å². The molecule has 3 fully saturated rings. The summed E-state index contributed by atoms with van der Waals surface area (Å²) in [4.78, 5) is 29.3. The molecule has 1 aromatic rings. The molecule has 1 aliphatic carbocycles. The highest BCUT2D eigenvalue weighted by atomic mass is 16.2. The molecule has 5 heteroatoms. The van der Waals surface area contributed by atoms with Crippen LogP contribution in [0.3, 0.4) is 0 Å². The molecule has 0 spiro atoms. The Morgan fingerprint density at radius 3 is 2.22 bits per heavy atom. The fourth-order valence-corrected chi connectivity index (χ4v) is 4.69. The van der Waals surface area contributed by atoms with E-state index in [9.17, 15) is 9.59 Å². The molecule has 4 rings (SSSR count). The second-order valence-corrected chi connectivity index (χ2v) is 8.31. The Kier molecular flexibility index (Phi) is 5.65. The summed E-state index contributed by atoms with van der Waals surface area (Å²) in [5.41, 5.74) is 2.14. The SMILES string of the molecule is O=C(NC1CCCCC1)C1CC(=O)N(c2ccc(N3CCCCC3)cc2)C1. The Labute approximate surface area is 162 Å². The molecule has 1 atom stereocenters. The third-order valence-corrected chi connectivity index (χ3v) is 6.33. The molecule has 27 heavy (non-hydrogen) atoms. The Morgan fingerprint density at radius 2 is 1.52 bits per heavy atom. The number of carbonyl (C=O) groups excluding carboxylic acids is 2. The minimum absolute atomic E-state index is 0.0580. The van der Waals surface area contributed by atoms with E-state index >= 15 is 0 Å². The van der Waals surface area contributed by atoms with Gasteiger partial charge >= 0.3 is 0 Å². The van der Waals surface area contributed by atoms with Crippen LogP contribution in [0.2, 0.25) is 0 Å². The molecular weight excluding hydrogens is 338 g/mol. The fraction of sp³-hybridized carbons (Fsp3) is 0.636. The summed E-state index contributed by atoms with van der Waals surface area (Å²) in [7, 11) is 0. The number of benzene rings is 1. The van der Waals surface area contributed by atoms with Gasteiger partial charge in [-0.2, -0.15) is 0 Å². The van der Waals surface area contributed by atoms with Gasteiger partial charge < -0.3 is 15.1 Å². The van der Waals surface area contributed by atoms with E-state index in [1.807, 2.05) is 12.1 Å². The van der Waals surface area contributed by atoms with Crippen molar-refractivity contribution in [3.8, 4) is 0 Å². The van der Waals surface area contributed by atoms with Crippen LogP contribution in [-0.2, 0) is 9.59 Å². The van der Waals surface area contributed by atoms with Gasteiger partial charge in [0.2, 0.25) is 11.8 Å². The number of rotatable bonds is 4. The van der Waals surface area contributed by atoms with E-state index in [1.54, 1.807) is 4.90 Å². The Morgan fingerprint density at radius 1 is 0.889 bits per heavy atom.